The third-order valence-electron chi connectivity index (χ3n) is 3.74. The van der Waals surface area contributed by atoms with Crippen molar-refractivity contribution in [2.45, 2.75) is 39.7 Å². The first-order chi connectivity index (χ1) is 11.6. The van der Waals surface area contributed by atoms with Crippen LogP contribution in [-0.2, 0) is 6.54 Å². The normalized spacial score (nSPS) is 10.6. The first-order valence-electron chi connectivity index (χ1n) is 8.34. The molecular weight excluding hydrogens is 302 g/mol. The van der Waals surface area contributed by atoms with Crippen molar-refractivity contribution >= 4 is 5.91 Å². The largest absolute Gasteiger partial charge is 0.455 e. The topological polar surface area (TPSA) is 77.2 Å². The lowest BCUT2D eigenvalue weighted by atomic mass is 10.1. The molecule has 0 saturated carbocycles. The van der Waals surface area contributed by atoms with E-state index in [0.717, 1.165) is 24.4 Å². The molecule has 3 N–H and O–H groups in total. The Hall–Kier alpha value is -2.40. The highest BCUT2D eigenvalue weighted by molar-refractivity contribution is 5.90. The first-order valence-corrected chi connectivity index (χ1v) is 8.34. The lowest BCUT2D eigenvalue weighted by molar-refractivity contribution is 0.0995. The van der Waals surface area contributed by atoms with Gasteiger partial charge < -0.3 is 15.8 Å². The van der Waals surface area contributed by atoms with Gasteiger partial charge in [-0.15, -0.1) is 0 Å². The van der Waals surface area contributed by atoms with Gasteiger partial charge >= 0.3 is 0 Å². The number of primary amides is 1. The van der Waals surface area contributed by atoms with E-state index < -0.39 is 5.91 Å². The highest BCUT2D eigenvalue weighted by Crippen LogP contribution is 2.25. The molecule has 0 fully saturated rings. The number of nitrogens with two attached hydrogens (primary N) is 1. The number of hydrogen-bond donors (Lipinski definition) is 2. The SMILES string of the molecule is CCCCCNCc1ccc(Oc2ccc(C(N)=O)nc2)c(C)c1. The molecule has 1 heterocycles. The van der Waals surface area contributed by atoms with Gasteiger partial charge in [0.1, 0.15) is 17.2 Å². The minimum absolute atomic E-state index is 0.226. The van der Waals surface area contributed by atoms with Crippen LogP contribution in [0.5, 0.6) is 11.5 Å². The third kappa shape index (κ3) is 5.35. The average Bonchev–Trinajstić information content (AvgIpc) is 2.57. The number of hydrogen-bond acceptors (Lipinski definition) is 4. The highest BCUT2D eigenvalue weighted by Gasteiger charge is 2.06. The van der Waals surface area contributed by atoms with E-state index in [2.05, 4.69) is 29.4 Å². The van der Waals surface area contributed by atoms with Gasteiger partial charge in [-0.05, 0) is 49.2 Å². The van der Waals surface area contributed by atoms with E-state index in [1.54, 1.807) is 12.1 Å². The fraction of sp³-hybridized carbons (Fsp3) is 0.368. The fourth-order valence-corrected chi connectivity index (χ4v) is 2.38. The van der Waals surface area contributed by atoms with Crippen LogP contribution in [0, 0.1) is 6.92 Å². The second-order valence-corrected chi connectivity index (χ2v) is 5.83. The molecule has 0 radical (unpaired) electrons. The lowest BCUT2D eigenvalue weighted by Crippen LogP contribution is -2.14. The number of carbonyl (C=O) groups excluding carboxylic acids is 1. The second-order valence-electron chi connectivity index (χ2n) is 5.83. The fourth-order valence-electron chi connectivity index (χ4n) is 2.38. The van der Waals surface area contributed by atoms with Crippen LogP contribution in [0.4, 0.5) is 0 Å². The quantitative estimate of drug-likeness (QED) is 0.690. The van der Waals surface area contributed by atoms with E-state index in [1.807, 2.05) is 13.0 Å². The minimum atomic E-state index is -0.548. The zero-order valence-electron chi connectivity index (χ0n) is 14.3. The maximum atomic E-state index is 11.0. The summed E-state index contributed by atoms with van der Waals surface area (Å²) in [5, 5.41) is 3.46. The zero-order valence-corrected chi connectivity index (χ0v) is 14.3. The van der Waals surface area contributed by atoms with Crippen LogP contribution >= 0.6 is 0 Å². The smallest absolute Gasteiger partial charge is 0.267 e. The predicted octanol–water partition coefficient (Wildman–Crippen LogP) is 3.56. The molecule has 2 aromatic rings. The van der Waals surface area contributed by atoms with Gasteiger partial charge in [0.05, 0.1) is 6.20 Å². The number of amides is 1. The van der Waals surface area contributed by atoms with Crippen molar-refractivity contribution in [3.05, 3.63) is 53.3 Å². The number of aryl methyl sites for hydroxylation is 1. The van der Waals surface area contributed by atoms with E-state index in [1.165, 1.54) is 31.0 Å². The molecule has 0 bridgehead atoms. The standard InChI is InChI=1S/C19H25N3O2/c1-3-4-5-10-21-12-15-6-9-18(14(2)11-15)24-16-7-8-17(19(20)23)22-13-16/h6-9,11,13,21H,3-5,10,12H2,1-2H3,(H2,20,23). The van der Waals surface area contributed by atoms with Crippen molar-refractivity contribution in [2.75, 3.05) is 6.54 Å². The maximum absolute atomic E-state index is 11.0. The lowest BCUT2D eigenvalue weighted by Gasteiger charge is -2.11. The number of benzene rings is 1. The zero-order chi connectivity index (χ0) is 17.4. The van der Waals surface area contributed by atoms with Crippen LogP contribution in [0.15, 0.2) is 36.5 Å². The van der Waals surface area contributed by atoms with Gasteiger partial charge in [0.15, 0.2) is 0 Å². The molecule has 24 heavy (non-hydrogen) atoms. The van der Waals surface area contributed by atoms with Crippen molar-refractivity contribution < 1.29 is 9.53 Å². The van der Waals surface area contributed by atoms with E-state index in [0.29, 0.717) is 5.75 Å². The van der Waals surface area contributed by atoms with Crippen LogP contribution in [0.2, 0.25) is 0 Å². The number of carbonyl (C=O) groups is 1. The van der Waals surface area contributed by atoms with Gasteiger partial charge in [0, 0.05) is 6.54 Å². The molecule has 1 aromatic heterocycles. The van der Waals surface area contributed by atoms with Crippen LogP contribution < -0.4 is 15.8 Å². The van der Waals surface area contributed by atoms with Crippen molar-refractivity contribution in [2.24, 2.45) is 5.73 Å². The Bertz CT molecular complexity index is 669. The molecule has 5 heteroatoms. The van der Waals surface area contributed by atoms with E-state index >= 15 is 0 Å². The second kappa shape index (κ2) is 9.03. The number of ether oxygens (including phenoxy) is 1. The number of unbranched alkanes of at least 4 members (excludes halogenated alkanes) is 2. The van der Waals surface area contributed by atoms with Crippen LogP contribution in [0.1, 0.15) is 47.8 Å². The molecule has 1 aromatic carbocycles. The summed E-state index contributed by atoms with van der Waals surface area (Å²) in [4.78, 5) is 15.0. The van der Waals surface area contributed by atoms with Gasteiger partial charge in [-0.2, -0.15) is 0 Å². The summed E-state index contributed by atoms with van der Waals surface area (Å²) < 4.78 is 5.82. The van der Waals surface area contributed by atoms with Gasteiger partial charge in [-0.25, -0.2) is 4.98 Å². The van der Waals surface area contributed by atoms with Crippen molar-refractivity contribution in [3.63, 3.8) is 0 Å². The Balaban J connectivity index is 1.93. The summed E-state index contributed by atoms with van der Waals surface area (Å²) in [7, 11) is 0. The number of nitrogens with one attached hydrogen (secondary N) is 1. The Morgan fingerprint density at radius 2 is 2.08 bits per heavy atom. The van der Waals surface area contributed by atoms with Gasteiger partial charge in [0.25, 0.3) is 5.91 Å². The summed E-state index contributed by atoms with van der Waals surface area (Å²) >= 11 is 0. The Morgan fingerprint density at radius 3 is 2.71 bits per heavy atom. The van der Waals surface area contributed by atoms with E-state index in [4.69, 9.17) is 10.5 Å². The summed E-state index contributed by atoms with van der Waals surface area (Å²) in [6.45, 7) is 6.13. The third-order valence-corrected chi connectivity index (χ3v) is 3.74. The Morgan fingerprint density at radius 1 is 1.25 bits per heavy atom. The molecule has 0 unspecified atom stereocenters. The van der Waals surface area contributed by atoms with E-state index in [-0.39, 0.29) is 5.69 Å². The summed E-state index contributed by atoms with van der Waals surface area (Å²) in [5.41, 5.74) is 7.69. The molecule has 1 amide bonds. The molecule has 0 aliphatic carbocycles. The minimum Gasteiger partial charge on any atom is -0.455 e. The summed E-state index contributed by atoms with van der Waals surface area (Å²) in [6.07, 6.45) is 5.22. The number of nitrogens with zero attached hydrogens (tertiary/aromatic N) is 1. The number of pyridine rings is 1. The molecule has 0 atom stereocenters. The number of aromatic nitrogens is 1. The molecular formula is C19H25N3O2. The van der Waals surface area contributed by atoms with E-state index in [9.17, 15) is 4.79 Å². The van der Waals surface area contributed by atoms with Crippen LogP contribution in [0.3, 0.4) is 0 Å². The van der Waals surface area contributed by atoms with Crippen molar-refractivity contribution in [1.82, 2.24) is 10.3 Å². The molecule has 0 aliphatic heterocycles. The van der Waals surface area contributed by atoms with Gasteiger partial charge in [-0.3, -0.25) is 4.79 Å². The number of rotatable bonds is 9. The van der Waals surface area contributed by atoms with Gasteiger partial charge in [0.2, 0.25) is 0 Å². The molecule has 2 rings (SSSR count). The average molecular weight is 327 g/mol. The predicted molar refractivity (Wildman–Crippen MR) is 95.2 cm³/mol. The van der Waals surface area contributed by atoms with Crippen LogP contribution in [0.25, 0.3) is 0 Å². The summed E-state index contributed by atoms with van der Waals surface area (Å²) in [6, 6.07) is 9.38. The first kappa shape index (κ1) is 17.9. The molecule has 0 saturated heterocycles. The molecule has 0 spiro atoms. The van der Waals surface area contributed by atoms with Crippen LogP contribution in [-0.4, -0.2) is 17.4 Å². The maximum Gasteiger partial charge on any atom is 0.267 e. The Kier molecular flexibility index (Phi) is 6.75. The monoisotopic (exact) mass is 327 g/mol. The van der Waals surface area contributed by atoms with Gasteiger partial charge in [-0.1, -0.05) is 31.9 Å². The van der Waals surface area contributed by atoms with Crippen molar-refractivity contribution in [3.8, 4) is 11.5 Å². The molecule has 0 aliphatic rings. The highest BCUT2D eigenvalue weighted by atomic mass is 16.5. The summed E-state index contributed by atoms with van der Waals surface area (Å²) in [5.74, 6) is 0.806. The van der Waals surface area contributed by atoms with Crippen molar-refractivity contribution in [1.29, 1.82) is 0 Å². The molecule has 5 nitrogen and oxygen atoms in total. The Labute approximate surface area is 143 Å². The molecule has 128 valence electrons.